The van der Waals surface area contributed by atoms with Gasteiger partial charge in [0.05, 0.1) is 0 Å². The van der Waals surface area contributed by atoms with Crippen molar-refractivity contribution >= 4 is 0 Å². The number of rotatable bonds is 7. The van der Waals surface area contributed by atoms with E-state index in [9.17, 15) is 0 Å². The SMILES string of the molecule is CCCNCc1ccc(Oc2ccccc2CC)cc1. The summed E-state index contributed by atoms with van der Waals surface area (Å²) in [6.45, 7) is 6.29. The first-order valence-electron chi connectivity index (χ1n) is 7.39. The number of hydrogen-bond donors (Lipinski definition) is 1. The largest absolute Gasteiger partial charge is 0.457 e. The molecule has 0 saturated heterocycles. The van der Waals surface area contributed by atoms with E-state index in [2.05, 4.69) is 37.4 Å². The summed E-state index contributed by atoms with van der Waals surface area (Å²) in [6, 6.07) is 16.5. The lowest BCUT2D eigenvalue weighted by Gasteiger charge is -2.10. The maximum atomic E-state index is 5.96. The molecule has 0 unspecified atom stereocenters. The van der Waals surface area contributed by atoms with Crippen molar-refractivity contribution in [2.24, 2.45) is 0 Å². The Balaban J connectivity index is 1.99. The third-order valence-corrected chi connectivity index (χ3v) is 3.26. The average molecular weight is 269 g/mol. The molecule has 2 rings (SSSR count). The zero-order chi connectivity index (χ0) is 14.2. The van der Waals surface area contributed by atoms with Gasteiger partial charge in [-0.3, -0.25) is 0 Å². The molecule has 0 heterocycles. The highest BCUT2D eigenvalue weighted by Gasteiger charge is 2.02. The number of benzene rings is 2. The highest BCUT2D eigenvalue weighted by atomic mass is 16.5. The van der Waals surface area contributed by atoms with Gasteiger partial charge in [-0.2, -0.15) is 0 Å². The molecule has 0 atom stereocenters. The van der Waals surface area contributed by atoms with Gasteiger partial charge in [0.15, 0.2) is 0 Å². The highest BCUT2D eigenvalue weighted by Crippen LogP contribution is 2.25. The van der Waals surface area contributed by atoms with E-state index in [-0.39, 0.29) is 0 Å². The average Bonchev–Trinajstić information content (AvgIpc) is 2.50. The van der Waals surface area contributed by atoms with Crippen molar-refractivity contribution < 1.29 is 4.74 Å². The van der Waals surface area contributed by atoms with Crippen molar-refractivity contribution in [2.45, 2.75) is 33.2 Å². The molecular formula is C18H23NO. The summed E-state index contributed by atoms with van der Waals surface area (Å²) in [7, 11) is 0. The molecule has 2 heteroatoms. The van der Waals surface area contributed by atoms with E-state index < -0.39 is 0 Å². The highest BCUT2D eigenvalue weighted by molar-refractivity contribution is 5.38. The summed E-state index contributed by atoms with van der Waals surface area (Å²) in [5.41, 5.74) is 2.52. The van der Waals surface area contributed by atoms with E-state index in [0.29, 0.717) is 0 Å². The van der Waals surface area contributed by atoms with Crippen LogP contribution >= 0.6 is 0 Å². The van der Waals surface area contributed by atoms with Gasteiger partial charge in [-0.15, -0.1) is 0 Å². The maximum absolute atomic E-state index is 5.96. The molecule has 0 fully saturated rings. The van der Waals surface area contributed by atoms with Gasteiger partial charge < -0.3 is 10.1 Å². The predicted molar refractivity (Wildman–Crippen MR) is 84.3 cm³/mol. The maximum Gasteiger partial charge on any atom is 0.130 e. The van der Waals surface area contributed by atoms with E-state index in [1.165, 1.54) is 11.1 Å². The first-order chi connectivity index (χ1) is 9.83. The van der Waals surface area contributed by atoms with Crippen LogP contribution in [0.5, 0.6) is 11.5 Å². The normalized spacial score (nSPS) is 10.5. The van der Waals surface area contributed by atoms with Crippen LogP contribution in [-0.4, -0.2) is 6.54 Å². The van der Waals surface area contributed by atoms with Gasteiger partial charge in [-0.25, -0.2) is 0 Å². The molecule has 0 aliphatic rings. The van der Waals surface area contributed by atoms with Crippen LogP contribution in [0.4, 0.5) is 0 Å². The minimum Gasteiger partial charge on any atom is -0.457 e. The molecule has 0 aromatic heterocycles. The van der Waals surface area contributed by atoms with Crippen molar-refractivity contribution in [1.29, 1.82) is 0 Å². The van der Waals surface area contributed by atoms with Crippen LogP contribution < -0.4 is 10.1 Å². The lowest BCUT2D eigenvalue weighted by Crippen LogP contribution is -2.13. The van der Waals surface area contributed by atoms with Gasteiger partial charge >= 0.3 is 0 Å². The van der Waals surface area contributed by atoms with E-state index in [1.807, 2.05) is 30.3 Å². The molecule has 0 bridgehead atoms. The van der Waals surface area contributed by atoms with Crippen LogP contribution in [0.3, 0.4) is 0 Å². The number of nitrogens with one attached hydrogen (secondary N) is 1. The van der Waals surface area contributed by atoms with Crippen molar-refractivity contribution in [2.75, 3.05) is 6.54 Å². The summed E-state index contributed by atoms with van der Waals surface area (Å²) < 4.78 is 5.96. The smallest absolute Gasteiger partial charge is 0.130 e. The summed E-state index contributed by atoms with van der Waals surface area (Å²) in [5, 5.41) is 3.40. The quantitative estimate of drug-likeness (QED) is 0.745. The molecule has 106 valence electrons. The second kappa shape index (κ2) is 7.71. The molecule has 0 spiro atoms. The van der Waals surface area contributed by atoms with E-state index in [0.717, 1.165) is 37.4 Å². The van der Waals surface area contributed by atoms with Crippen LogP contribution in [0.15, 0.2) is 48.5 Å². The molecule has 2 aromatic rings. The Kier molecular flexibility index (Phi) is 5.63. The summed E-state index contributed by atoms with van der Waals surface area (Å²) in [6.07, 6.45) is 2.14. The Labute approximate surface area is 121 Å². The summed E-state index contributed by atoms with van der Waals surface area (Å²) in [5.74, 6) is 1.84. The van der Waals surface area contributed by atoms with E-state index in [1.54, 1.807) is 0 Å². The lowest BCUT2D eigenvalue weighted by molar-refractivity contribution is 0.476. The Morgan fingerprint density at radius 1 is 0.950 bits per heavy atom. The fraction of sp³-hybridized carbons (Fsp3) is 0.333. The second-order valence-corrected chi connectivity index (χ2v) is 4.88. The number of para-hydroxylation sites is 1. The van der Waals surface area contributed by atoms with E-state index >= 15 is 0 Å². The van der Waals surface area contributed by atoms with Crippen molar-refractivity contribution in [3.63, 3.8) is 0 Å². The predicted octanol–water partition coefficient (Wildman–Crippen LogP) is 4.54. The lowest BCUT2D eigenvalue weighted by atomic mass is 10.1. The van der Waals surface area contributed by atoms with Crippen molar-refractivity contribution in [3.05, 3.63) is 59.7 Å². The van der Waals surface area contributed by atoms with Crippen LogP contribution in [0, 0.1) is 0 Å². The van der Waals surface area contributed by atoms with Gasteiger partial charge in [0.25, 0.3) is 0 Å². The first-order valence-corrected chi connectivity index (χ1v) is 7.39. The van der Waals surface area contributed by atoms with Gasteiger partial charge in [-0.05, 0) is 48.7 Å². The second-order valence-electron chi connectivity index (χ2n) is 4.88. The fourth-order valence-electron chi connectivity index (χ4n) is 2.11. The molecule has 1 N–H and O–H groups in total. The summed E-state index contributed by atoms with van der Waals surface area (Å²) in [4.78, 5) is 0. The Morgan fingerprint density at radius 3 is 2.40 bits per heavy atom. The number of ether oxygens (including phenoxy) is 1. The van der Waals surface area contributed by atoms with Gasteiger partial charge in [-0.1, -0.05) is 44.2 Å². The number of aryl methyl sites for hydroxylation is 1. The molecule has 2 nitrogen and oxygen atoms in total. The molecule has 0 radical (unpaired) electrons. The van der Waals surface area contributed by atoms with Crippen LogP contribution in [0.2, 0.25) is 0 Å². The van der Waals surface area contributed by atoms with E-state index in [4.69, 9.17) is 4.74 Å². The Bertz CT molecular complexity index is 519. The van der Waals surface area contributed by atoms with Gasteiger partial charge in [0, 0.05) is 6.54 Å². The third-order valence-electron chi connectivity index (χ3n) is 3.26. The van der Waals surface area contributed by atoms with Crippen molar-refractivity contribution in [3.8, 4) is 11.5 Å². The zero-order valence-electron chi connectivity index (χ0n) is 12.4. The Hall–Kier alpha value is -1.80. The monoisotopic (exact) mass is 269 g/mol. The molecule has 0 aliphatic heterocycles. The molecule has 0 amide bonds. The first kappa shape index (κ1) is 14.6. The molecule has 20 heavy (non-hydrogen) atoms. The van der Waals surface area contributed by atoms with Crippen molar-refractivity contribution in [1.82, 2.24) is 5.32 Å². The van der Waals surface area contributed by atoms with Crippen LogP contribution in [-0.2, 0) is 13.0 Å². The molecule has 2 aromatic carbocycles. The van der Waals surface area contributed by atoms with Crippen LogP contribution in [0.1, 0.15) is 31.4 Å². The van der Waals surface area contributed by atoms with Gasteiger partial charge in [0.2, 0.25) is 0 Å². The fourth-order valence-corrected chi connectivity index (χ4v) is 2.11. The minimum atomic E-state index is 0.894. The standard InChI is InChI=1S/C18H23NO/c1-3-13-19-14-15-9-11-17(12-10-15)20-18-8-6-5-7-16(18)4-2/h5-12,19H,3-4,13-14H2,1-2H3. The summed E-state index contributed by atoms with van der Waals surface area (Å²) >= 11 is 0. The zero-order valence-corrected chi connectivity index (χ0v) is 12.4. The number of hydrogen-bond acceptors (Lipinski definition) is 2. The molecule has 0 aliphatic carbocycles. The van der Waals surface area contributed by atoms with Crippen LogP contribution in [0.25, 0.3) is 0 Å². The van der Waals surface area contributed by atoms with Gasteiger partial charge in [0.1, 0.15) is 11.5 Å². The Morgan fingerprint density at radius 2 is 1.70 bits per heavy atom. The molecule has 0 saturated carbocycles. The molecular weight excluding hydrogens is 246 g/mol. The third kappa shape index (κ3) is 4.10. The minimum absolute atomic E-state index is 0.894. The topological polar surface area (TPSA) is 21.3 Å².